The van der Waals surface area contributed by atoms with Crippen molar-refractivity contribution in [1.29, 1.82) is 5.26 Å². The van der Waals surface area contributed by atoms with Gasteiger partial charge in [-0.15, -0.1) is 0 Å². The van der Waals surface area contributed by atoms with Crippen LogP contribution in [-0.2, 0) is 4.79 Å². The van der Waals surface area contributed by atoms with Crippen LogP contribution in [0.1, 0.15) is 24.8 Å². The molecule has 0 bridgehead atoms. The molecule has 21 heavy (non-hydrogen) atoms. The minimum atomic E-state index is 0.1000. The molecule has 1 amide bonds. The Morgan fingerprint density at radius 1 is 1.19 bits per heavy atom. The first kappa shape index (κ1) is 13.4. The molecular formula is C17H17N3O. The third kappa shape index (κ3) is 3.14. The van der Waals surface area contributed by atoms with Gasteiger partial charge >= 0.3 is 0 Å². The largest absolute Gasteiger partial charge is 0.384 e. The standard InChI is InChI=1S/C17H17N3O/c18-11-12-5-8-16(15-4-2-1-3-14(12)15)19-10-9-17(21)20-13-6-7-13/h1-5,8,13,19H,6-7,9-10H2,(H,20,21). The number of carbonyl (C=O) groups excluding carboxylic acids is 1. The van der Waals surface area contributed by atoms with Gasteiger partial charge in [-0.2, -0.15) is 5.26 Å². The summed E-state index contributed by atoms with van der Waals surface area (Å²) in [6.45, 7) is 0.592. The van der Waals surface area contributed by atoms with Gasteiger partial charge in [-0.3, -0.25) is 4.79 Å². The minimum absolute atomic E-state index is 0.1000. The molecule has 1 aliphatic rings. The second-order valence-electron chi connectivity index (χ2n) is 5.34. The molecule has 0 radical (unpaired) electrons. The van der Waals surface area contributed by atoms with Gasteiger partial charge in [0.05, 0.1) is 11.6 Å². The van der Waals surface area contributed by atoms with Crippen LogP contribution in [0.3, 0.4) is 0 Å². The normalized spacial score (nSPS) is 13.7. The zero-order valence-electron chi connectivity index (χ0n) is 11.7. The highest BCUT2D eigenvalue weighted by Gasteiger charge is 2.22. The lowest BCUT2D eigenvalue weighted by molar-refractivity contribution is -0.120. The van der Waals surface area contributed by atoms with Crippen molar-refractivity contribution in [2.45, 2.75) is 25.3 Å². The number of nitrogens with one attached hydrogen (secondary N) is 2. The summed E-state index contributed by atoms with van der Waals surface area (Å²) in [6, 6.07) is 14.1. The van der Waals surface area contributed by atoms with Gasteiger partial charge in [0.25, 0.3) is 0 Å². The van der Waals surface area contributed by atoms with Crippen molar-refractivity contribution < 1.29 is 4.79 Å². The molecule has 0 spiro atoms. The maximum absolute atomic E-state index is 11.7. The van der Waals surface area contributed by atoms with E-state index in [0.29, 0.717) is 24.6 Å². The summed E-state index contributed by atoms with van der Waals surface area (Å²) < 4.78 is 0. The third-order valence-electron chi connectivity index (χ3n) is 3.65. The van der Waals surface area contributed by atoms with Crippen LogP contribution in [0, 0.1) is 11.3 Å². The summed E-state index contributed by atoms with van der Waals surface area (Å²) in [6.07, 6.45) is 2.68. The lowest BCUT2D eigenvalue weighted by Gasteiger charge is -2.10. The fourth-order valence-electron chi connectivity index (χ4n) is 2.39. The molecule has 1 aliphatic carbocycles. The predicted octanol–water partition coefficient (Wildman–Crippen LogP) is 2.79. The van der Waals surface area contributed by atoms with Gasteiger partial charge in [-0.1, -0.05) is 24.3 Å². The van der Waals surface area contributed by atoms with E-state index in [1.54, 1.807) is 0 Å². The van der Waals surface area contributed by atoms with E-state index in [4.69, 9.17) is 5.26 Å². The van der Waals surface area contributed by atoms with E-state index in [2.05, 4.69) is 16.7 Å². The van der Waals surface area contributed by atoms with Crippen LogP contribution in [0.25, 0.3) is 10.8 Å². The van der Waals surface area contributed by atoms with Gasteiger partial charge in [0.1, 0.15) is 0 Å². The Hall–Kier alpha value is -2.54. The van der Waals surface area contributed by atoms with Crippen molar-refractivity contribution in [2.24, 2.45) is 0 Å². The molecular weight excluding hydrogens is 262 g/mol. The molecule has 2 N–H and O–H groups in total. The number of anilines is 1. The molecule has 4 heteroatoms. The number of carbonyl (C=O) groups is 1. The van der Waals surface area contributed by atoms with Crippen molar-refractivity contribution in [2.75, 3.05) is 11.9 Å². The zero-order chi connectivity index (χ0) is 14.7. The molecule has 0 aliphatic heterocycles. The highest BCUT2D eigenvalue weighted by atomic mass is 16.1. The summed E-state index contributed by atoms with van der Waals surface area (Å²) in [5, 5.41) is 17.4. The number of fused-ring (bicyclic) bond motifs is 1. The lowest BCUT2D eigenvalue weighted by atomic mass is 10.0. The molecule has 2 aromatic rings. The summed E-state index contributed by atoms with van der Waals surface area (Å²) in [7, 11) is 0. The maximum atomic E-state index is 11.7. The van der Waals surface area contributed by atoms with Gasteiger partial charge in [0, 0.05) is 35.5 Å². The average Bonchev–Trinajstić information content (AvgIpc) is 3.31. The number of benzene rings is 2. The van der Waals surface area contributed by atoms with Crippen LogP contribution in [-0.4, -0.2) is 18.5 Å². The Bertz CT molecular complexity index is 714. The van der Waals surface area contributed by atoms with Crippen molar-refractivity contribution >= 4 is 22.4 Å². The fourth-order valence-corrected chi connectivity index (χ4v) is 2.39. The van der Waals surface area contributed by atoms with Gasteiger partial charge in [-0.25, -0.2) is 0 Å². The van der Waals surface area contributed by atoms with Gasteiger partial charge in [-0.05, 0) is 25.0 Å². The number of hydrogen-bond donors (Lipinski definition) is 2. The Morgan fingerprint density at radius 2 is 1.95 bits per heavy atom. The Labute approximate surface area is 123 Å². The summed E-state index contributed by atoms with van der Waals surface area (Å²) >= 11 is 0. The third-order valence-corrected chi connectivity index (χ3v) is 3.65. The molecule has 106 valence electrons. The number of nitriles is 1. The van der Waals surface area contributed by atoms with Crippen molar-refractivity contribution in [1.82, 2.24) is 5.32 Å². The molecule has 0 saturated heterocycles. The second-order valence-corrected chi connectivity index (χ2v) is 5.34. The molecule has 2 aromatic carbocycles. The van der Waals surface area contributed by atoms with E-state index in [0.717, 1.165) is 29.3 Å². The molecule has 1 fully saturated rings. The highest BCUT2D eigenvalue weighted by Crippen LogP contribution is 2.26. The Morgan fingerprint density at radius 3 is 2.67 bits per heavy atom. The van der Waals surface area contributed by atoms with Gasteiger partial charge in [0.2, 0.25) is 5.91 Å². The van der Waals surface area contributed by atoms with Gasteiger partial charge in [0.15, 0.2) is 0 Å². The van der Waals surface area contributed by atoms with Crippen LogP contribution in [0.4, 0.5) is 5.69 Å². The van der Waals surface area contributed by atoms with Crippen LogP contribution >= 0.6 is 0 Å². The van der Waals surface area contributed by atoms with E-state index < -0.39 is 0 Å². The first-order valence-corrected chi connectivity index (χ1v) is 7.23. The first-order chi connectivity index (χ1) is 10.3. The first-order valence-electron chi connectivity index (χ1n) is 7.23. The van der Waals surface area contributed by atoms with Gasteiger partial charge < -0.3 is 10.6 Å². The van der Waals surface area contributed by atoms with Crippen molar-refractivity contribution in [3.63, 3.8) is 0 Å². The topological polar surface area (TPSA) is 64.9 Å². The monoisotopic (exact) mass is 279 g/mol. The molecule has 4 nitrogen and oxygen atoms in total. The number of hydrogen-bond acceptors (Lipinski definition) is 3. The number of rotatable bonds is 5. The van der Waals surface area contributed by atoms with Crippen molar-refractivity contribution in [3.8, 4) is 6.07 Å². The lowest BCUT2D eigenvalue weighted by Crippen LogP contribution is -2.27. The SMILES string of the molecule is N#Cc1ccc(NCCC(=O)NC2CC2)c2ccccc12. The molecule has 0 aromatic heterocycles. The van der Waals surface area contributed by atoms with E-state index in [1.165, 1.54) is 0 Å². The number of amides is 1. The van der Waals surface area contributed by atoms with Crippen LogP contribution in [0.15, 0.2) is 36.4 Å². The number of nitrogens with zero attached hydrogens (tertiary/aromatic N) is 1. The molecule has 3 rings (SSSR count). The van der Waals surface area contributed by atoms with Crippen LogP contribution in [0.5, 0.6) is 0 Å². The minimum Gasteiger partial charge on any atom is -0.384 e. The Balaban J connectivity index is 1.69. The second kappa shape index (κ2) is 5.84. The fraction of sp³-hybridized carbons (Fsp3) is 0.294. The van der Waals surface area contributed by atoms with Crippen LogP contribution < -0.4 is 10.6 Å². The molecule has 0 atom stereocenters. The highest BCUT2D eigenvalue weighted by molar-refractivity contribution is 5.97. The summed E-state index contributed by atoms with van der Waals surface area (Å²) in [5.41, 5.74) is 1.63. The van der Waals surface area contributed by atoms with E-state index in [1.807, 2.05) is 36.4 Å². The van der Waals surface area contributed by atoms with E-state index in [9.17, 15) is 4.79 Å². The van der Waals surface area contributed by atoms with Crippen molar-refractivity contribution in [3.05, 3.63) is 42.0 Å². The van der Waals surface area contributed by atoms with E-state index >= 15 is 0 Å². The average molecular weight is 279 g/mol. The Kier molecular flexibility index (Phi) is 3.74. The molecule has 0 unspecified atom stereocenters. The quantitative estimate of drug-likeness (QED) is 0.884. The molecule has 1 saturated carbocycles. The zero-order valence-corrected chi connectivity index (χ0v) is 11.7. The van der Waals surface area contributed by atoms with Crippen LogP contribution in [0.2, 0.25) is 0 Å². The summed E-state index contributed by atoms with van der Waals surface area (Å²) in [5.74, 6) is 0.1000. The predicted molar refractivity (Wildman–Crippen MR) is 82.9 cm³/mol. The smallest absolute Gasteiger partial charge is 0.221 e. The maximum Gasteiger partial charge on any atom is 0.221 e. The molecule has 0 heterocycles. The van der Waals surface area contributed by atoms with E-state index in [-0.39, 0.29) is 5.91 Å². The summed E-state index contributed by atoms with van der Waals surface area (Å²) in [4.78, 5) is 11.7.